The predicted molar refractivity (Wildman–Crippen MR) is 103 cm³/mol. The number of rotatable bonds is 4. The van der Waals surface area contributed by atoms with Crippen molar-refractivity contribution in [2.75, 3.05) is 11.1 Å². The van der Waals surface area contributed by atoms with Crippen LogP contribution in [0.25, 0.3) is 10.9 Å². The zero-order chi connectivity index (χ0) is 17.1. The minimum atomic E-state index is 0.461. The number of hydrogen-bond donors (Lipinski definition) is 2. The van der Waals surface area contributed by atoms with Crippen LogP contribution < -0.4 is 11.1 Å². The van der Waals surface area contributed by atoms with Crippen LogP contribution in [-0.4, -0.2) is 21.0 Å². The Morgan fingerprint density at radius 3 is 2.72 bits per heavy atom. The molecule has 0 bridgehead atoms. The van der Waals surface area contributed by atoms with Crippen molar-refractivity contribution >= 4 is 34.2 Å². The van der Waals surface area contributed by atoms with Crippen LogP contribution in [0.3, 0.4) is 0 Å². The van der Waals surface area contributed by atoms with Crippen LogP contribution in [0.2, 0.25) is 0 Å². The number of para-hydroxylation sites is 1. The third-order valence-electron chi connectivity index (χ3n) is 4.60. The second-order valence-electron chi connectivity index (χ2n) is 6.35. The molecule has 1 aliphatic rings. The van der Waals surface area contributed by atoms with Gasteiger partial charge in [0.05, 0.1) is 5.52 Å². The number of anilines is 2. The normalized spacial score (nSPS) is 15.4. The van der Waals surface area contributed by atoms with Crippen LogP contribution in [0.15, 0.2) is 52.8 Å². The molecule has 3 N–H and O–H groups in total. The smallest absolute Gasteiger partial charge is 0.154 e. The molecule has 0 unspecified atom stereocenters. The Balaban J connectivity index is 1.61. The van der Waals surface area contributed by atoms with E-state index >= 15 is 0 Å². The van der Waals surface area contributed by atoms with E-state index in [4.69, 9.17) is 5.73 Å². The van der Waals surface area contributed by atoms with Crippen molar-refractivity contribution in [3.8, 4) is 0 Å². The summed E-state index contributed by atoms with van der Waals surface area (Å²) < 4.78 is 0. The summed E-state index contributed by atoms with van der Waals surface area (Å²) >= 11 is 1.54. The molecule has 2 aromatic heterocycles. The van der Waals surface area contributed by atoms with E-state index in [1.54, 1.807) is 18.1 Å². The molecule has 5 nitrogen and oxygen atoms in total. The van der Waals surface area contributed by atoms with Gasteiger partial charge in [0, 0.05) is 22.5 Å². The Morgan fingerprint density at radius 2 is 1.84 bits per heavy atom. The lowest BCUT2D eigenvalue weighted by Gasteiger charge is -2.24. The maximum absolute atomic E-state index is 6.36. The number of nitrogens with two attached hydrogens (primary N) is 1. The molecule has 4 rings (SSSR count). The van der Waals surface area contributed by atoms with Gasteiger partial charge in [0.1, 0.15) is 17.0 Å². The SMILES string of the molecule is Nc1c(NC2CCCCC2)ncnc1Sc1cccc2cccnc12. The Hall–Kier alpha value is -2.34. The number of hydrogen-bond acceptors (Lipinski definition) is 6. The average Bonchev–Trinajstić information content (AvgIpc) is 2.66. The zero-order valence-corrected chi connectivity index (χ0v) is 14.8. The quantitative estimate of drug-likeness (QED) is 0.674. The van der Waals surface area contributed by atoms with Crippen molar-refractivity contribution in [2.24, 2.45) is 0 Å². The van der Waals surface area contributed by atoms with E-state index in [0.29, 0.717) is 11.7 Å². The molecule has 0 atom stereocenters. The standard InChI is InChI=1S/C19H21N5S/c20-16-18(24-14-8-2-1-3-9-14)22-12-23-19(16)25-15-10-4-6-13-7-5-11-21-17(13)15/h4-7,10-12,14H,1-3,8-9,20H2,(H,22,23,24). The summed E-state index contributed by atoms with van der Waals surface area (Å²) in [6.45, 7) is 0. The number of nitrogens with one attached hydrogen (secondary N) is 1. The number of fused-ring (bicyclic) bond motifs is 1. The number of aromatic nitrogens is 3. The molecule has 25 heavy (non-hydrogen) atoms. The molecule has 2 heterocycles. The second-order valence-corrected chi connectivity index (χ2v) is 7.38. The molecule has 1 saturated carbocycles. The number of nitrogen functional groups attached to an aromatic ring is 1. The predicted octanol–water partition coefficient (Wildman–Crippen LogP) is 4.50. The highest BCUT2D eigenvalue weighted by Gasteiger charge is 2.17. The number of nitrogens with zero attached hydrogens (tertiary/aromatic N) is 3. The lowest BCUT2D eigenvalue weighted by Crippen LogP contribution is -2.23. The number of benzene rings is 1. The van der Waals surface area contributed by atoms with Crippen molar-refractivity contribution in [3.63, 3.8) is 0 Å². The molecular formula is C19H21N5S. The van der Waals surface area contributed by atoms with Crippen LogP contribution in [0.5, 0.6) is 0 Å². The minimum Gasteiger partial charge on any atom is -0.394 e. The van der Waals surface area contributed by atoms with Gasteiger partial charge in [-0.15, -0.1) is 0 Å². The molecule has 0 saturated heterocycles. The minimum absolute atomic E-state index is 0.461. The largest absolute Gasteiger partial charge is 0.394 e. The summed E-state index contributed by atoms with van der Waals surface area (Å²) in [6.07, 6.45) is 9.62. The second kappa shape index (κ2) is 7.27. The van der Waals surface area contributed by atoms with Crippen LogP contribution in [0, 0.1) is 0 Å². The van der Waals surface area contributed by atoms with Gasteiger partial charge >= 0.3 is 0 Å². The summed E-state index contributed by atoms with van der Waals surface area (Å²) in [5.41, 5.74) is 7.95. The molecule has 128 valence electrons. The van der Waals surface area contributed by atoms with Crippen LogP contribution >= 0.6 is 11.8 Å². The highest BCUT2D eigenvalue weighted by Crippen LogP contribution is 2.36. The first-order valence-electron chi connectivity index (χ1n) is 8.70. The van der Waals surface area contributed by atoms with Crippen molar-refractivity contribution in [3.05, 3.63) is 42.9 Å². The summed E-state index contributed by atoms with van der Waals surface area (Å²) in [5.74, 6) is 0.748. The molecule has 0 spiro atoms. The van der Waals surface area contributed by atoms with E-state index in [2.05, 4.69) is 38.5 Å². The van der Waals surface area contributed by atoms with Crippen molar-refractivity contribution < 1.29 is 0 Å². The first kappa shape index (κ1) is 16.1. The van der Waals surface area contributed by atoms with Crippen molar-refractivity contribution in [2.45, 2.75) is 48.1 Å². The van der Waals surface area contributed by atoms with E-state index in [0.717, 1.165) is 26.6 Å². The summed E-state index contributed by atoms with van der Waals surface area (Å²) in [4.78, 5) is 14.3. The summed E-state index contributed by atoms with van der Waals surface area (Å²) in [7, 11) is 0. The van der Waals surface area contributed by atoms with Crippen molar-refractivity contribution in [1.29, 1.82) is 0 Å². The lowest BCUT2D eigenvalue weighted by atomic mass is 9.95. The lowest BCUT2D eigenvalue weighted by molar-refractivity contribution is 0.462. The van der Waals surface area contributed by atoms with Gasteiger partial charge < -0.3 is 11.1 Å². The first-order chi connectivity index (χ1) is 12.3. The van der Waals surface area contributed by atoms with Gasteiger partial charge in [-0.25, -0.2) is 9.97 Å². The van der Waals surface area contributed by atoms with Crippen molar-refractivity contribution in [1.82, 2.24) is 15.0 Å². The van der Waals surface area contributed by atoms with Gasteiger partial charge in [-0.05, 0) is 25.0 Å². The van der Waals surface area contributed by atoms with Crippen LogP contribution in [-0.2, 0) is 0 Å². The summed E-state index contributed by atoms with van der Waals surface area (Å²) in [5, 5.41) is 5.39. The molecule has 3 aromatic rings. The van der Waals surface area contributed by atoms with Gasteiger partial charge in [0.25, 0.3) is 0 Å². The van der Waals surface area contributed by atoms with E-state index in [-0.39, 0.29) is 0 Å². The van der Waals surface area contributed by atoms with E-state index in [1.165, 1.54) is 32.1 Å². The molecular weight excluding hydrogens is 330 g/mol. The van der Waals surface area contributed by atoms with Gasteiger partial charge in [-0.3, -0.25) is 4.98 Å². The molecule has 0 aliphatic heterocycles. The third-order valence-corrected chi connectivity index (χ3v) is 5.66. The molecule has 0 radical (unpaired) electrons. The monoisotopic (exact) mass is 351 g/mol. The Labute approximate surface area is 151 Å². The number of pyridine rings is 1. The topological polar surface area (TPSA) is 76.7 Å². The van der Waals surface area contributed by atoms with Gasteiger partial charge in [-0.2, -0.15) is 0 Å². The van der Waals surface area contributed by atoms with E-state index in [1.807, 2.05) is 18.3 Å². The fourth-order valence-corrected chi connectivity index (χ4v) is 4.21. The van der Waals surface area contributed by atoms with Gasteiger partial charge in [-0.1, -0.05) is 49.2 Å². The average molecular weight is 351 g/mol. The molecule has 1 fully saturated rings. The maximum Gasteiger partial charge on any atom is 0.154 e. The molecule has 1 aromatic carbocycles. The molecule has 1 aliphatic carbocycles. The van der Waals surface area contributed by atoms with Crippen LogP contribution in [0.1, 0.15) is 32.1 Å². The van der Waals surface area contributed by atoms with Crippen LogP contribution in [0.4, 0.5) is 11.5 Å². The highest BCUT2D eigenvalue weighted by molar-refractivity contribution is 7.99. The fourth-order valence-electron chi connectivity index (χ4n) is 3.28. The molecule has 6 heteroatoms. The van der Waals surface area contributed by atoms with Gasteiger partial charge in [0.2, 0.25) is 0 Å². The highest BCUT2D eigenvalue weighted by atomic mass is 32.2. The Morgan fingerprint density at radius 1 is 1.00 bits per heavy atom. The summed E-state index contributed by atoms with van der Waals surface area (Å²) in [6, 6.07) is 10.6. The maximum atomic E-state index is 6.36. The van der Waals surface area contributed by atoms with E-state index in [9.17, 15) is 0 Å². The Bertz CT molecular complexity index is 871. The fraction of sp³-hybridized carbons (Fsp3) is 0.316. The first-order valence-corrected chi connectivity index (χ1v) is 9.51. The zero-order valence-electron chi connectivity index (χ0n) is 14.0. The third kappa shape index (κ3) is 3.54. The Kier molecular flexibility index (Phi) is 4.70. The van der Waals surface area contributed by atoms with Gasteiger partial charge in [0.15, 0.2) is 5.82 Å². The molecule has 0 amide bonds. The van der Waals surface area contributed by atoms with E-state index < -0.39 is 0 Å².